The van der Waals surface area contributed by atoms with Gasteiger partial charge in [0.1, 0.15) is 0 Å². The zero-order valence-corrected chi connectivity index (χ0v) is 10.1. The van der Waals surface area contributed by atoms with Crippen molar-refractivity contribution >= 4 is 0 Å². The predicted molar refractivity (Wildman–Crippen MR) is 63.5 cm³/mol. The fourth-order valence-corrected chi connectivity index (χ4v) is 1.55. The van der Waals surface area contributed by atoms with Crippen LogP contribution in [0.25, 0.3) is 0 Å². The van der Waals surface area contributed by atoms with Gasteiger partial charge in [-0.3, -0.25) is 0 Å². The molecular weight excluding hydrogens is 168 g/mol. The first-order valence-corrected chi connectivity index (χ1v) is 5.47. The van der Waals surface area contributed by atoms with E-state index in [0.29, 0.717) is 5.41 Å². The smallest absolute Gasteiger partial charge is 0.0225 e. The van der Waals surface area contributed by atoms with Crippen LogP contribution in [-0.2, 0) is 6.42 Å². The summed E-state index contributed by atoms with van der Waals surface area (Å²) in [5, 5.41) is 0. The van der Waals surface area contributed by atoms with Crippen LogP contribution in [0.4, 0.5) is 0 Å². The number of benzene rings is 1. The Bertz CT molecular complexity index is 295. The summed E-state index contributed by atoms with van der Waals surface area (Å²) in [4.78, 5) is 0. The van der Waals surface area contributed by atoms with Crippen molar-refractivity contribution in [2.45, 2.75) is 41.0 Å². The van der Waals surface area contributed by atoms with Gasteiger partial charge in [-0.15, -0.1) is 0 Å². The minimum absolute atomic E-state index is 0.397. The summed E-state index contributed by atoms with van der Waals surface area (Å²) >= 11 is 0. The summed E-state index contributed by atoms with van der Waals surface area (Å²) in [6, 6.07) is 8.84. The standard InChI is InChI=1S/C14H22/c1-11(2)14(4,5)10-13-8-6-7-12(3)9-13/h6-9,11H,10H2,1-5H3. The Kier molecular flexibility index (Phi) is 3.36. The zero-order chi connectivity index (χ0) is 10.8. The molecule has 0 aliphatic carbocycles. The van der Waals surface area contributed by atoms with Crippen molar-refractivity contribution < 1.29 is 0 Å². The molecule has 0 spiro atoms. The fraction of sp³-hybridized carbons (Fsp3) is 0.571. The first kappa shape index (κ1) is 11.3. The lowest BCUT2D eigenvalue weighted by Crippen LogP contribution is -2.22. The van der Waals surface area contributed by atoms with Crippen molar-refractivity contribution in [3.05, 3.63) is 35.4 Å². The molecule has 1 aromatic carbocycles. The molecule has 0 nitrogen and oxygen atoms in total. The van der Waals surface area contributed by atoms with Gasteiger partial charge in [0.15, 0.2) is 0 Å². The third-order valence-electron chi connectivity index (χ3n) is 3.31. The number of hydrogen-bond donors (Lipinski definition) is 0. The van der Waals surface area contributed by atoms with E-state index in [-0.39, 0.29) is 0 Å². The molecule has 0 saturated heterocycles. The molecular formula is C14H22. The molecule has 0 fully saturated rings. The van der Waals surface area contributed by atoms with E-state index in [1.165, 1.54) is 17.5 Å². The van der Waals surface area contributed by atoms with Crippen molar-refractivity contribution in [2.24, 2.45) is 11.3 Å². The number of aryl methyl sites for hydroxylation is 1. The van der Waals surface area contributed by atoms with E-state index >= 15 is 0 Å². The average Bonchev–Trinajstić information content (AvgIpc) is 2.02. The fourth-order valence-electron chi connectivity index (χ4n) is 1.55. The third kappa shape index (κ3) is 2.87. The Balaban J connectivity index is 2.78. The second kappa shape index (κ2) is 4.16. The minimum atomic E-state index is 0.397. The molecule has 0 heterocycles. The van der Waals surface area contributed by atoms with E-state index in [9.17, 15) is 0 Å². The lowest BCUT2D eigenvalue weighted by atomic mass is 9.76. The second-order valence-electron chi connectivity index (χ2n) is 5.31. The molecule has 0 aromatic heterocycles. The van der Waals surface area contributed by atoms with Crippen molar-refractivity contribution in [3.63, 3.8) is 0 Å². The van der Waals surface area contributed by atoms with Crippen LogP contribution in [0, 0.1) is 18.3 Å². The van der Waals surface area contributed by atoms with Crippen LogP contribution in [0.15, 0.2) is 24.3 Å². The second-order valence-corrected chi connectivity index (χ2v) is 5.31. The number of rotatable bonds is 3. The van der Waals surface area contributed by atoms with Crippen LogP contribution in [0.3, 0.4) is 0 Å². The average molecular weight is 190 g/mol. The maximum Gasteiger partial charge on any atom is -0.0225 e. The molecule has 78 valence electrons. The molecule has 0 radical (unpaired) electrons. The van der Waals surface area contributed by atoms with E-state index < -0.39 is 0 Å². The van der Waals surface area contributed by atoms with Gasteiger partial charge in [-0.1, -0.05) is 57.5 Å². The van der Waals surface area contributed by atoms with Crippen LogP contribution in [0.2, 0.25) is 0 Å². The Morgan fingerprint density at radius 1 is 1.21 bits per heavy atom. The van der Waals surface area contributed by atoms with Crippen LogP contribution < -0.4 is 0 Å². The van der Waals surface area contributed by atoms with E-state index in [1.54, 1.807) is 0 Å². The lowest BCUT2D eigenvalue weighted by molar-refractivity contribution is 0.248. The van der Waals surface area contributed by atoms with E-state index in [4.69, 9.17) is 0 Å². The molecule has 0 unspecified atom stereocenters. The van der Waals surface area contributed by atoms with E-state index in [2.05, 4.69) is 58.9 Å². The van der Waals surface area contributed by atoms with Crippen molar-refractivity contribution in [1.82, 2.24) is 0 Å². The van der Waals surface area contributed by atoms with Gasteiger partial charge < -0.3 is 0 Å². The maximum atomic E-state index is 2.35. The summed E-state index contributed by atoms with van der Waals surface area (Å²) in [6.07, 6.45) is 1.17. The Morgan fingerprint density at radius 2 is 1.86 bits per heavy atom. The minimum Gasteiger partial charge on any atom is -0.0623 e. The molecule has 1 aromatic rings. The largest absolute Gasteiger partial charge is 0.0623 e. The normalized spacial score (nSPS) is 12.1. The molecule has 0 heteroatoms. The van der Waals surface area contributed by atoms with Crippen molar-refractivity contribution in [1.29, 1.82) is 0 Å². The van der Waals surface area contributed by atoms with Gasteiger partial charge in [-0.05, 0) is 30.2 Å². The lowest BCUT2D eigenvalue weighted by Gasteiger charge is -2.29. The van der Waals surface area contributed by atoms with E-state index in [0.717, 1.165) is 5.92 Å². The van der Waals surface area contributed by atoms with Gasteiger partial charge in [0.25, 0.3) is 0 Å². The highest BCUT2D eigenvalue weighted by molar-refractivity contribution is 5.23. The SMILES string of the molecule is Cc1cccc(CC(C)(C)C(C)C)c1. The first-order valence-electron chi connectivity index (χ1n) is 5.47. The highest BCUT2D eigenvalue weighted by Gasteiger charge is 2.22. The quantitative estimate of drug-likeness (QED) is 0.669. The van der Waals surface area contributed by atoms with Gasteiger partial charge in [0.2, 0.25) is 0 Å². The Morgan fingerprint density at radius 3 is 2.36 bits per heavy atom. The predicted octanol–water partition coefficient (Wildman–Crippen LogP) is 4.22. The van der Waals surface area contributed by atoms with Crippen LogP contribution >= 0.6 is 0 Å². The monoisotopic (exact) mass is 190 g/mol. The molecule has 1 rings (SSSR count). The maximum absolute atomic E-state index is 2.35. The van der Waals surface area contributed by atoms with Gasteiger partial charge in [0.05, 0.1) is 0 Å². The Hall–Kier alpha value is -0.780. The molecule has 0 saturated carbocycles. The van der Waals surface area contributed by atoms with Gasteiger partial charge in [0, 0.05) is 0 Å². The molecule has 0 atom stereocenters. The first-order chi connectivity index (χ1) is 6.42. The van der Waals surface area contributed by atoms with Gasteiger partial charge in [-0.25, -0.2) is 0 Å². The Labute approximate surface area is 88.4 Å². The summed E-state index contributed by atoms with van der Waals surface area (Å²) in [6.45, 7) is 11.5. The highest BCUT2D eigenvalue weighted by atomic mass is 14.3. The summed E-state index contributed by atoms with van der Waals surface area (Å²) in [7, 11) is 0. The van der Waals surface area contributed by atoms with E-state index in [1.807, 2.05) is 0 Å². The molecule has 0 aliphatic rings. The molecule has 0 aliphatic heterocycles. The zero-order valence-electron chi connectivity index (χ0n) is 10.1. The van der Waals surface area contributed by atoms with Crippen molar-refractivity contribution in [2.75, 3.05) is 0 Å². The summed E-state index contributed by atoms with van der Waals surface area (Å²) < 4.78 is 0. The third-order valence-corrected chi connectivity index (χ3v) is 3.31. The van der Waals surface area contributed by atoms with Gasteiger partial charge >= 0.3 is 0 Å². The molecule has 14 heavy (non-hydrogen) atoms. The highest BCUT2D eigenvalue weighted by Crippen LogP contribution is 2.30. The van der Waals surface area contributed by atoms with Gasteiger partial charge in [-0.2, -0.15) is 0 Å². The molecule has 0 bridgehead atoms. The topological polar surface area (TPSA) is 0 Å². The molecule has 0 N–H and O–H groups in total. The van der Waals surface area contributed by atoms with Crippen LogP contribution in [-0.4, -0.2) is 0 Å². The summed E-state index contributed by atoms with van der Waals surface area (Å²) in [5.74, 6) is 0.725. The van der Waals surface area contributed by atoms with Crippen LogP contribution in [0.5, 0.6) is 0 Å². The van der Waals surface area contributed by atoms with Crippen LogP contribution in [0.1, 0.15) is 38.8 Å². The van der Waals surface area contributed by atoms with Crippen molar-refractivity contribution in [3.8, 4) is 0 Å². The summed E-state index contributed by atoms with van der Waals surface area (Å²) in [5.41, 5.74) is 3.22. The molecule has 0 amide bonds. The number of hydrogen-bond acceptors (Lipinski definition) is 0.